The van der Waals surface area contributed by atoms with Crippen molar-refractivity contribution in [1.82, 2.24) is 10.2 Å². The number of carbonyl (C=O) groups excluding carboxylic acids is 2. The second-order valence-corrected chi connectivity index (χ2v) is 9.90. The third-order valence-electron chi connectivity index (χ3n) is 7.11. The molecule has 1 aliphatic heterocycles. The van der Waals surface area contributed by atoms with Crippen molar-refractivity contribution in [1.29, 1.82) is 0 Å². The van der Waals surface area contributed by atoms with Crippen LogP contribution in [0.1, 0.15) is 50.2 Å². The maximum atomic E-state index is 12.7. The summed E-state index contributed by atoms with van der Waals surface area (Å²) >= 11 is 0. The number of alkyl carbamates (subject to hydrolysis) is 1. The Hall–Kier alpha value is -3.39. The lowest BCUT2D eigenvalue weighted by molar-refractivity contribution is -0.161. The molecule has 1 fully saturated rings. The molecule has 1 saturated heterocycles. The normalized spacial score (nSPS) is 19.2. The lowest BCUT2D eigenvalue weighted by atomic mass is 9.98. The van der Waals surface area contributed by atoms with Crippen molar-refractivity contribution in [3.8, 4) is 11.1 Å². The summed E-state index contributed by atoms with van der Waals surface area (Å²) in [7, 11) is 1.35. The largest absolute Gasteiger partial charge is 0.479 e. The van der Waals surface area contributed by atoms with Crippen LogP contribution in [0.5, 0.6) is 0 Å². The van der Waals surface area contributed by atoms with Crippen molar-refractivity contribution in [2.75, 3.05) is 26.8 Å². The summed E-state index contributed by atoms with van der Waals surface area (Å²) in [6.45, 7) is 4.25. The Kier molecular flexibility index (Phi) is 6.85. The molecule has 0 saturated carbocycles. The van der Waals surface area contributed by atoms with Gasteiger partial charge in [-0.25, -0.2) is 9.59 Å². The first-order valence-electron chi connectivity index (χ1n) is 11.9. The van der Waals surface area contributed by atoms with E-state index in [1.54, 1.807) is 0 Å². The molecule has 1 atom stereocenters. The first-order valence-corrected chi connectivity index (χ1v) is 11.9. The van der Waals surface area contributed by atoms with E-state index in [9.17, 15) is 19.5 Å². The summed E-state index contributed by atoms with van der Waals surface area (Å²) in [5, 5.41) is 12.3. The fourth-order valence-corrected chi connectivity index (χ4v) is 4.97. The zero-order valence-corrected chi connectivity index (χ0v) is 20.4. The maximum absolute atomic E-state index is 12.7. The van der Waals surface area contributed by atoms with Crippen LogP contribution >= 0.6 is 0 Å². The third kappa shape index (κ3) is 5.03. The molecule has 35 heavy (non-hydrogen) atoms. The Morgan fingerprint density at radius 3 is 2.23 bits per heavy atom. The van der Waals surface area contributed by atoms with Gasteiger partial charge >= 0.3 is 12.1 Å². The number of nitrogens with zero attached hydrogens (tertiary/aromatic N) is 1. The summed E-state index contributed by atoms with van der Waals surface area (Å²) in [6, 6.07) is 16.3. The van der Waals surface area contributed by atoms with Crippen LogP contribution in [0.3, 0.4) is 0 Å². The van der Waals surface area contributed by atoms with Crippen molar-refractivity contribution in [3.05, 3.63) is 59.7 Å². The highest BCUT2D eigenvalue weighted by Gasteiger charge is 2.46. The molecule has 186 valence electrons. The lowest BCUT2D eigenvalue weighted by Crippen LogP contribution is -2.46. The van der Waals surface area contributed by atoms with Gasteiger partial charge in [0.25, 0.3) is 0 Å². The molecule has 4 rings (SSSR count). The molecule has 2 N–H and O–H groups in total. The van der Waals surface area contributed by atoms with Crippen LogP contribution in [-0.2, 0) is 19.1 Å². The monoisotopic (exact) mass is 480 g/mol. The zero-order chi connectivity index (χ0) is 25.2. The fourth-order valence-electron chi connectivity index (χ4n) is 4.97. The molecule has 2 aromatic rings. The Morgan fingerprint density at radius 1 is 1.09 bits per heavy atom. The van der Waals surface area contributed by atoms with E-state index >= 15 is 0 Å². The molecular weight excluding hydrogens is 448 g/mol. The summed E-state index contributed by atoms with van der Waals surface area (Å²) in [6.07, 6.45) is 0.288. The number of nitrogens with one attached hydrogen (secondary N) is 1. The first kappa shape index (κ1) is 24.7. The van der Waals surface area contributed by atoms with E-state index in [1.165, 1.54) is 23.1 Å². The van der Waals surface area contributed by atoms with E-state index in [0.29, 0.717) is 13.0 Å². The molecule has 0 spiro atoms. The third-order valence-corrected chi connectivity index (χ3v) is 7.11. The Balaban J connectivity index is 1.29. The van der Waals surface area contributed by atoms with Gasteiger partial charge in [-0.1, -0.05) is 48.5 Å². The predicted molar refractivity (Wildman–Crippen MR) is 130 cm³/mol. The Labute approximate surface area is 205 Å². The average molecular weight is 481 g/mol. The van der Waals surface area contributed by atoms with Crippen LogP contribution in [0, 0.1) is 0 Å². The van der Waals surface area contributed by atoms with Crippen LogP contribution in [0.4, 0.5) is 4.79 Å². The molecule has 0 bridgehead atoms. The highest BCUT2D eigenvalue weighted by Crippen LogP contribution is 2.44. The minimum Gasteiger partial charge on any atom is -0.479 e. The van der Waals surface area contributed by atoms with Crippen molar-refractivity contribution in [2.24, 2.45) is 0 Å². The number of fused-ring (bicyclic) bond motifs is 3. The van der Waals surface area contributed by atoms with Crippen molar-refractivity contribution >= 4 is 18.0 Å². The van der Waals surface area contributed by atoms with E-state index in [-0.39, 0.29) is 37.8 Å². The highest BCUT2D eigenvalue weighted by molar-refractivity contribution is 5.82. The van der Waals surface area contributed by atoms with Crippen molar-refractivity contribution < 1.29 is 29.0 Å². The number of carbonyl (C=O) groups is 3. The Morgan fingerprint density at radius 2 is 1.69 bits per heavy atom. The molecule has 2 amide bonds. The molecule has 1 aliphatic carbocycles. The van der Waals surface area contributed by atoms with Crippen LogP contribution in [0.15, 0.2) is 48.5 Å². The van der Waals surface area contributed by atoms with Crippen LogP contribution in [0.2, 0.25) is 0 Å². The average Bonchev–Trinajstić information content (AvgIpc) is 3.42. The van der Waals surface area contributed by atoms with Crippen molar-refractivity contribution in [3.63, 3.8) is 0 Å². The second kappa shape index (κ2) is 9.70. The number of amides is 2. The molecule has 1 unspecified atom stereocenters. The molecule has 1 heterocycles. The Bertz CT molecular complexity index is 1080. The van der Waals surface area contributed by atoms with Gasteiger partial charge in [-0.3, -0.25) is 4.79 Å². The van der Waals surface area contributed by atoms with Gasteiger partial charge in [-0.2, -0.15) is 0 Å². The zero-order valence-electron chi connectivity index (χ0n) is 20.4. The second-order valence-electron chi connectivity index (χ2n) is 9.90. The number of hydrogen-bond donors (Lipinski definition) is 2. The SMILES string of the molecule is COC1(C(=O)O)CCN(C(=O)CCC(C)(C)NC(=O)OCC2c3ccccc3-c3ccccc32)C1. The van der Waals surface area contributed by atoms with Gasteiger partial charge in [0.1, 0.15) is 6.61 Å². The summed E-state index contributed by atoms with van der Waals surface area (Å²) < 4.78 is 10.8. The molecule has 0 radical (unpaired) electrons. The molecule has 8 heteroatoms. The summed E-state index contributed by atoms with van der Waals surface area (Å²) in [5.74, 6) is -1.25. The van der Waals surface area contributed by atoms with Gasteiger partial charge in [0, 0.05) is 38.0 Å². The van der Waals surface area contributed by atoms with E-state index in [4.69, 9.17) is 9.47 Å². The number of likely N-dealkylation sites (tertiary alicyclic amines) is 1. The molecule has 8 nitrogen and oxygen atoms in total. The summed E-state index contributed by atoms with van der Waals surface area (Å²) in [4.78, 5) is 38.3. The van der Waals surface area contributed by atoms with Gasteiger partial charge in [0.2, 0.25) is 5.91 Å². The minimum absolute atomic E-state index is 0.0247. The topological polar surface area (TPSA) is 105 Å². The van der Waals surface area contributed by atoms with E-state index in [1.807, 2.05) is 38.1 Å². The van der Waals surface area contributed by atoms with Crippen molar-refractivity contribution in [2.45, 2.75) is 50.2 Å². The molecule has 2 aromatic carbocycles. The molecular formula is C27H32N2O6. The smallest absolute Gasteiger partial charge is 0.407 e. The first-order chi connectivity index (χ1) is 16.7. The predicted octanol–water partition coefficient (Wildman–Crippen LogP) is 3.79. The van der Waals surface area contributed by atoms with Crippen LogP contribution in [-0.4, -0.2) is 65.9 Å². The lowest BCUT2D eigenvalue weighted by Gasteiger charge is -2.27. The van der Waals surface area contributed by atoms with E-state index in [2.05, 4.69) is 29.6 Å². The van der Waals surface area contributed by atoms with Crippen LogP contribution in [0.25, 0.3) is 11.1 Å². The number of carboxylic acids is 1. The van der Waals surface area contributed by atoms with E-state index < -0.39 is 23.2 Å². The van der Waals surface area contributed by atoms with Crippen LogP contribution < -0.4 is 5.32 Å². The highest BCUT2D eigenvalue weighted by atomic mass is 16.5. The van der Waals surface area contributed by atoms with Gasteiger partial charge in [0.05, 0.1) is 6.54 Å². The van der Waals surface area contributed by atoms with Gasteiger partial charge < -0.3 is 24.8 Å². The number of methoxy groups -OCH3 is 1. The quantitative estimate of drug-likeness (QED) is 0.596. The van der Waals surface area contributed by atoms with Gasteiger partial charge in [-0.15, -0.1) is 0 Å². The van der Waals surface area contributed by atoms with E-state index in [0.717, 1.165) is 11.1 Å². The maximum Gasteiger partial charge on any atom is 0.407 e. The van der Waals surface area contributed by atoms with Gasteiger partial charge in [0.15, 0.2) is 5.60 Å². The number of hydrogen-bond acceptors (Lipinski definition) is 5. The minimum atomic E-state index is -1.34. The standard InChI is InChI=1S/C27H32N2O6/c1-26(2,13-12-23(30)29-15-14-27(17-29,34-3)24(31)32)28-25(33)35-16-22-20-10-6-4-8-18(20)19-9-5-7-11-21(19)22/h4-11,22H,12-17H2,1-3H3,(H,28,33)(H,31,32). The number of aliphatic carboxylic acids is 1. The number of rotatable bonds is 8. The van der Waals surface area contributed by atoms with Gasteiger partial charge in [-0.05, 0) is 42.5 Å². The number of ether oxygens (including phenoxy) is 2. The summed E-state index contributed by atoms with van der Waals surface area (Å²) in [5.41, 5.74) is 2.60. The molecule has 0 aromatic heterocycles. The number of benzene rings is 2. The molecule has 2 aliphatic rings. The number of carboxylic acid groups (broad SMARTS) is 1. The fraction of sp³-hybridized carbons (Fsp3) is 0.444.